The Morgan fingerprint density at radius 2 is 2.06 bits per heavy atom. The first-order chi connectivity index (χ1) is 16.2. The summed E-state index contributed by atoms with van der Waals surface area (Å²) in [5, 5.41) is 23.7. The maximum absolute atomic E-state index is 12.3. The summed E-state index contributed by atoms with van der Waals surface area (Å²) in [6.07, 6.45) is -1.22. The Kier molecular flexibility index (Phi) is 9.02. The fraction of sp³-hybridized carbons (Fsp3) is 0.650. The number of amides is 1. The van der Waals surface area contributed by atoms with E-state index in [9.17, 15) is 19.8 Å². The number of fused-ring (bicyclic) bond motifs is 1. The molecule has 2 aromatic rings. The molecular formula is C20H30N6O7S. The summed E-state index contributed by atoms with van der Waals surface area (Å²) < 4.78 is 17.4. The first-order valence-electron chi connectivity index (χ1n) is 10.7. The van der Waals surface area contributed by atoms with Crippen molar-refractivity contribution >= 4 is 40.6 Å². The molecular weight excluding hydrogens is 468 g/mol. The SMILES string of the molecule is COCC(=O)N[C@@H](CCSC[C@H]1O[C@@H](n2cnc3c(N)ncnc32)[C@H](O)[C@@H]1O)C(=O)OC(C)C. The number of aliphatic hydroxyl groups is 2. The van der Waals surface area contributed by atoms with E-state index < -0.39 is 42.5 Å². The average Bonchev–Trinajstić information content (AvgIpc) is 3.32. The van der Waals surface area contributed by atoms with Crippen LogP contribution in [-0.4, -0.2) is 97.3 Å². The number of hydrogen-bond donors (Lipinski definition) is 4. The number of carbonyl (C=O) groups excluding carboxylic acids is 2. The molecule has 1 aliphatic rings. The number of nitrogen functional groups attached to an aromatic ring is 1. The summed E-state index contributed by atoms with van der Waals surface area (Å²) in [6, 6.07) is -0.826. The van der Waals surface area contributed by atoms with E-state index >= 15 is 0 Å². The van der Waals surface area contributed by atoms with Crippen LogP contribution in [0.4, 0.5) is 5.82 Å². The molecule has 1 amide bonds. The van der Waals surface area contributed by atoms with Gasteiger partial charge in [0.15, 0.2) is 17.7 Å². The Hall–Kier alpha value is -2.52. The van der Waals surface area contributed by atoms with Gasteiger partial charge in [-0.15, -0.1) is 0 Å². The Morgan fingerprint density at radius 3 is 2.76 bits per heavy atom. The molecule has 0 radical (unpaired) electrons. The average molecular weight is 499 g/mol. The molecule has 188 valence electrons. The number of esters is 1. The number of methoxy groups -OCH3 is 1. The van der Waals surface area contributed by atoms with E-state index in [0.29, 0.717) is 29.1 Å². The van der Waals surface area contributed by atoms with Crippen LogP contribution in [0.1, 0.15) is 26.5 Å². The minimum absolute atomic E-state index is 0.167. The third-order valence-electron chi connectivity index (χ3n) is 5.08. The number of aromatic nitrogens is 4. The highest BCUT2D eigenvalue weighted by Gasteiger charge is 2.44. The molecule has 34 heavy (non-hydrogen) atoms. The summed E-state index contributed by atoms with van der Waals surface area (Å²) in [7, 11) is 1.39. The Bertz CT molecular complexity index is 989. The number of imidazole rings is 1. The lowest BCUT2D eigenvalue weighted by Gasteiger charge is -2.19. The summed E-state index contributed by atoms with van der Waals surface area (Å²) in [4.78, 5) is 36.4. The van der Waals surface area contributed by atoms with Crippen molar-refractivity contribution in [3.63, 3.8) is 0 Å². The van der Waals surface area contributed by atoms with Gasteiger partial charge in [0.2, 0.25) is 5.91 Å². The monoisotopic (exact) mass is 498 g/mol. The quantitative estimate of drug-likeness (QED) is 0.224. The Morgan fingerprint density at radius 1 is 1.29 bits per heavy atom. The lowest BCUT2D eigenvalue weighted by Crippen LogP contribution is -2.44. The van der Waals surface area contributed by atoms with E-state index in [1.54, 1.807) is 13.8 Å². The van der Waals surface area contributed by atoms with Gasteiger partial charge in [-0.05, 0) is 26.0 Å². The highest BCUT2D eigenvalue weighted by molar-refractivity contribution is 7.99. The molecule has 0 bridgehead atoms. The summed E-state index contributed by atoms with van der Waals surface area (Å²) in [5.74, 6) is 0.0656. The van der Waals surface area contributed by atoms with Gasteiger partial charge < -0.3 is 35.5 Å². The van der Waals surface area contributed by atoms with Gasteiger partial charge in [0.25, 0.3) is 0 Å². The molecule has 5 N–H and O–H groups in total. The number of thioether (sulfide) groups is 1. The van der Waals surface area contributed by atoms with Crippen molar-refractivity contribution in [2.75, 3.05) is 31.0 Å². The largest absolute Gasteiger partial charge is 0.461 e. The van der Waals surface area contributed by atoms with Crippen molar-refractivity contribution in [1.82, 2.24) is 24.8 Å². The predicted molar refractivity (Wildman–Crippen MR) is 123 cm³/mol. The van der Waals surface area contributed by atoms with E-state index in [0.717, 1.165) is 0 Å². The summed E-state index contributed by atoms with van der Waals surface area (Å²) in [5.41, 5.74) is 6.57. The zero-order valence-electron chi connectivity index (χ0n) is 19.2. The maximum atomic E-state index is 12.3. The van der Waals surface area contributed by atoms with Crippen LogP contribution >= 0.6 is 11.8 Å². The van der Waals surface area contributed by atoms with Gasteiger partial charge in [-0.2, -0.15) is 11.8 Å². The minimum Gasteiger partial charge on any atom is -0.461 e. The molecule has 0 unspecified atom stereocenters. The molecule has 1 saturated heterocycles. The number of nitrogens with zero attached hydrogens (tertiary/aromatic N) is 4. The normalized spacial score (nSPS) is 23.4. The number of ether oxygens (including phenoxy) is 3. The molecule has 1 fully saturated rings. The molecule has 13 nitrogen and oxygen atoms in total. The minimum atomic E-state index is -1.21. The molecule has 0 saturated carbocycles. The Labute approximate surface area is 200 Å². The fourth-order valence-electron chi connectivity index (χ4n) is 3.48. The second-order valence-corrected chi connectivity index (χ2v) is 9.18. The molecule has 2 aromatic heterocycles. The van der Waals surface area contributed by atoms with Gasteiger partial charge in [-0.3, -0.25) is 9.36 Å². The first kappa shape index (κ1) is 26.1. The van der Waals surface area contributed by atoms with Crippen LogP contribution in [-0.2, 0) is 23.8 Å². The molecule has 3 rings (SSSR count). The van der Waals surface area contributed by atoms with E-state index in [1.807, 2.05) is 0 Å². The fourth-order valence-corrected chi connectivity index (χ4v) is 4.56. The number of hydrogen-bond acceptors (Lipinski definition) is 12. The zero-order chi connectivity index (χ0) is 24.8. The zero-order valence-corrected chi connectivity index (χ0v) is 20.0. The van der Waals surface area contributed by atoms with E-state index in [2.05, 4.69) is 20.3 Å². The lowest BCUT2D eigenvalue weighted by atomic mass is 10.1. The second-order valence-electron chi connectivity index (χ2n) is 8.03. The first-order valence-corrected chi connectivity index (χ1v) is 11.9. The van der Waals surface area contributed by atoms with E-state index in [1.165, 1.54) is 36.1 Å². The van der Waals surface area contributed by atoms with Crippen molar-refractivity contribution in [3.05, 3.63) is 12.7 Å². The van der Waals surface area contributed by atoms with Crippen LogP contribution in [0.3, 0.4) is 0 Å². The van der Waals surface area contributed by atoms with E-state index in [-0.39, 0.29) is 18.5 Å². The van der Waals surface area contributed by atoms with E-state index in [4.69, 9.17) is 19.9 Å². The molecule has 5 atom stereocenters. The van der Waals surface area contributed by atoms with Gasteiger partial charge in [-0.25, -0.2) is 19.7 Å². The number of rotatable bonds is 11. The Balaban J connectivity index is 1.56. The number of nitrogens with two attached hydrogens (primary N) is 1. The van der Waals surface area contributed by atoms with Gasteiger partial charge in [0, 0.05) is 12.9 Å². The van der Waals surface area contributed by atoms with Crippen LogP contribution < -0.4 is 11.1 Å². The predicted octanol–water partition coefficient (Wildman–Crippen LogP) is -0.766. The van der Waals surface area contributed by atoms with Crippen LogP contribution in [0.2, 0.25) is 0 Å². The van der Waals surface area contributed by atoms with Gasteiger partial charge in [-0.1, -0.05) is 0 Å². The van der Waals surface area contributed by atoms with Crippen LogP contribution in [0.5, 0.6) is 0 Å². The summed E-state index contributed by atoms with van der Waals surface area (Å²) in [6.45, 7) is 3.29. The van der Waals surface area contributed by atoms with Crippen molar-refractivity contribution in [3.8, 4) is 0 Å². The maximum Gasteiger partial charge on any atom is 0.328 e. The highest BCUT2D eigenvalue weighted by atomic mass is 32.2. The van der Waals surface area contributed by atoms with Crippen molar-refractivity contribution in [2.24, 2.45) is 0 Å². The van der Waals surface area contributed by atoms with Gasteiger partial charge in [0.05, 0.1) is 18.5 Å². The van der Waals surface area contributed by atoms with Crippen LogP contribution in [0.25, 0.3) is 11.2 Å². The van der Waals surface area contributed by atoms with Crippen molar-refractivity contribution in [2.45, 2.75) is 57.0 Å². The highest BCUT2D eigenvalue weighted by Crippen LogP contribution is 2.33. The smallest absolute Gasteiger partial charge is 0.328 e. The topological polar surface area (TPSA) is 184 Å². The third-order valence-corrected chi connectivity index (χ3v) is 6.17. The van der Waals surface area contributed by atoms with Gasteiger partial charge in [0.1, 0.15) is 36.7 Å². The molecule has 14 heteroatoms. The second kappa shape index (κ2) is 11.8. The van der Waals surface area contributed by atoms with Crippen molar-refractivity contribution in [1.29, 1.82) is 0 Å². The standard InChI is InChI=1S/C20H30N6O7S/c1-10(2)32-20(30)11(25-13(27)6-31-3)4-5-34-7-12-15(28)16(29)19(33-12)26-9-24-14-17(21)22-8-23-18(14)26/h8-12,15-16,19,28-29H,4-7H2,1-3H3,(H,25,27)(H2,21,22,23)/t11-,12+,15+,16+,19+/m0/s1. The molecule has 1 aliphatic heterocycles. The molecule has 0 aliphatic carbocycles. The molecule has 3 heterocycles. The number of anilines is 1. The van der Waals surface area contributed by atoms with Crippen LogP contribution in [0.15, 0.2) is 12.7 Å². The van der Waals surface area contributed by atoms with Crippen molar-refractivity contribution < 1.29 is 34.0 Å². The van der Waals surface area contributed by atoms with Crippen LogP contribution in [0, 0.1) is 0 Å². The van der Waals surface area contributed by atoms with Gasteiger partial charge >= 0.3 is 5.97 Å². The lowest BCUT2D eigenvalue weighted by molar-refractivity contribution is -0.151. The number of carbonyl (C=O) groups is 2. The summed E-state index contributed by atoms with van der Waals surface area (Å²) >= 11 is 1.41. The number of aliphatic hydroxyl groups excluding tert-OH is 2. The number of nitrogens with one attached hydrogen (secondary N) is 1. The molecule has 0 aromatic carbocycles. The third kappa shape index (κ3) is 6.13. The molecule has 0 spiro atoms.